The molecule has 2 aromatic rings. The van der Waals surface area contributed by atoms with Crippen LogP contribution in [0, 0.1) is 0 Å². The van der Waals surface area contributed by atoms with Crippen molar-refractivity contribution in [3.63, 3.8) is 0 Å². The maximum Gasteiger partial charge on any atom is 0.251 e. The van der Waals surface area contributed by atoms with Gasteiger partial charge in [-0.05, 0) is 36.6 Å². The summed E-state index contributed by atoms with van der Waals surface area (Å²) in [6, 6.07) is 17.5. The fourth-order valence-corrected chi connectivity index (χ4v) is 2.23. The summed E-state index contributed by atoms with van der Waals surface area (Å²) in [4.78, 5) is 12.3. The largest absolute Gasteiger partial charge is 0.497 e. The van der Waals surface area contributed by atoms with Crippen molar-refractivity contribution in [3.05, 3.63) is 65.7 Å². The average Bonchev–Trinajstić information content (AvgIpc) is 2.55. The lowest BCUT2D eigenvalue weighted by Gasteiger charge is -2.17. The number of benzene rings is 2. The van der Waals surface area contributed by atoms with Gasteiger partial charge in [0.05, 0.1) is 7.11 Å². The van der Waals surface area contributed by atoms with Crippen LogP contribution >= 0.6 is 0 Å². The Kier molecular flexibility index (Phi) is 5.38. The van der Waals surface area contributed by atoms with Crippen LogP contribution in [0.4, 0.5) is 0 Å². The Morgan fingerprint density at radius 3 is 2.57 bits per heavy atom. The molecule has 0 heterocycles. The lowest BCUT2D eigenvalue weighted by atomic mass is 10.0. The second-order valence-electron chi connectivity index (χ2n) is 5.00. The van der Waals surface area contributed by atoms with E-state index in [9.17, 15) is 4.79 Å². The normalized spacial score (nSPS) is 11.7. The molecule has 0 aliphatic carbocycles. The highest BCUT2D eigenvalue weighted by Crippen LogP contribution is 2.13. The SMILES string of the molecule is CC[C@@H](Cc1ccccc1)NC(=O)c1cccc(OC)c1. The van der Waals surface area contributed by atoms with Crippen LogP contribution in [0.25, 0.3) is 0 Å². The molecule has 0 bridgehead atoms. The van der Waals surface area contributed by atoms with Crippen LogP contribution in [0.2, 0.25) is 0 Å². The van der Waals surface area contributed by atoms with Gasteiger partial charge < -0.3 is 10.1 Å². The smallest absolute Gasteiger partial charge is 0.251 e. The van der Waals surface area contributed by atoms with Crippen molar-refractivity contribution in [1.29, 1.82) is 0 Å². The standard InChI is InChI=1S/C18H21NO2/c1-3-16(12-14-8-5-4-6-9-14)19-18(20)15-10-7-11-17(13-15)21-2/h4-11,13,16H,3,12H2,1-2H3,(H,19,20)/t16-/m0/s1. The molecule has 0 aromatic heterocycles. The summed E-state index contributed by atoms with van der Waals surface area (Å²) in [5, 5.41) is 3.09. The van der Waals surface area contributed by atoms with Crippen molar-refractivity contribution in [2.75, 3.05) is 7.11 Å². The van der Waals surface area contributed by atoms with Crippen molar-refractivity contribution in [2.45, 2.75) is 25.8 Å². The van der Waals surface area contributed by atoms with Crippen LogP contribution < -0.4 is 10.1 Å². The fourth-order valence-electron chi connectivity index (χ4n) is 2.23. The van der Waals surface area contributed by atoms with Crippen LogP contribution in [0.1, 0.15) is 29.3 Å². The van der Waals surface area contributed by atoms with Crippen LogP contribution in [0.3, 0.4) is 0 Å². The first-order valence-corrected chi connectivity index (χ1v) is 7.21. The first-order chi connectivity index (χ1) is 10.2. The summed E-state index contributed by atoms with van der Waals surface area (Å²) in [7, 11) is 1.60. The molecule has 2 rings (SSSR count). The van der Waals surface area contributed by atoms with Crippen molar-refractivity contribution in [2.24, 2.45) is 0 Å². The molecule has 0 saturated heterocycles. The minimum Gasteiger partial charge on any atom is -0.497 e. The van der Waals surface area contributed by atoms with Gasteiger partial charge in [-0.25, -0.2) is 0 Å². The second-order valence-corrected chi connectivity index (χ2v) is 5.00. The summed E-state index contributed by atoms with van der Waals surface area (Å²) in [6.45, 7) is 2.08. The van der Waals surface area contributed by atoms with Gasteiger partial charge in [0.25, 0.3) is 5.91 Å². The zero-order valence-electron chi connectivity index (χ0n) is 12.5. The van der Waals surface area contributed by atoms with Crippen molar-refractivity contribution in [1.82, 2.24) is 5.32 Å². The highest BCUT2D eigenvalue weighted by Gasteiger charge is 2.13. The van der Waals surface area contributed by atoms with Gasteiger partial charge in [0, 0.05) is 11.6 Å². The zero-order valence-corrected chi connectivity index (χ0v) is 12.5. The summed E-state index contributed by atoms with van der Waals surface area (Å²) in [5.74, 6) is 0.635. The van der Waals surface area contributed by atoms with Crippen LogP contribution in [-0.4, -0.2) is 19.1 Å². The number of carbonyl (C=O) groups is 1. The van der Waals surface area contributed by atoms with Gasteiger partial charge in [-0.3, -0.25) is 4.79 Å². The third kappa shape index (κ3) is 4.35. The number of carbonyl (C=O) groups excluding carboxylic acids is 1. The predicted molar refractivity (Wildman–Crippen MR) is 84.7 cm³/mol. The highest BCUT2D eigenvalue weighted by atomic mass is 16.5. The maximum absolute atomic E-state index is 12.3. The van der Waals surface area contributed by atoms with E-state index in [0.29, 0.717) is 11.3 Å². The molecule has 0 aliphatic rings. The molecule has 110 valence electrons. The molecule has 0 fully saturated rings. The Labute approximate surface area is 126 Å². The summed E-state index contributed by atoms with van der Waals surface area (Å²) in [6.07, 6.45) is 1.73. The average molecular weight is 283 g/mol. The van der Waals surface area contributed by atoms with Gasteiger partial charge in [0.1, 0.15) is 5.75 Å². The van der Waals surface area contributed by atoms with E-state index in [1.807, 2.05) is 30.3 Å². The Morgan fingerprint density at radius 2 is 1.90 bits per heavy atom. The van der Waals surface area contributed by atoms with Crippen LogP contribution in [0.5, 0.6) is 5.75 Å². The number of rotatable bonds is 6. The van der Waals surface area contributed by atoms with Crippen molar-refractivity contribution >= 4 is 5.91 Å². The molecule has 3 heteroatoms. The Bertz CT molecular complexity index is 581. The minimum atomic E-state index is -0.0586. The Balaban J connectivity index is 2.02. The number of methoxy groups -OCH3 is 1. The number of hydrogen-bond donors (Lipinski definition) is 1. The van der Waals surface area contributed by atoms with E-state index in [4.69, 9.17) is 4.74 Å². The lowest BCUT2D eigenvalue weighted by molar-refractivity contribution is 0.0935. The van der Waals surface area contributed by atoms with E-state index < -0.39 is 0 Å². The Morgan fingerprint density at radius 1 is 1.14 bits per heavy atom. The molecule has 0 unspecified atom stereocenters. The summed E-state index contributed by atoms with van der Waals surface area (Å²) in [5.41, 5.74) is 1.86. The van der Waals surface area contributed by atoms with Gasteiger partial charge in [-0.2, -0.15) is 0 Å². The third-order valence-corrected chi connectivity index (χ3v) is 3.48. The molecule has 0 spiro atoms. The first-order valence-electron chi connectivity index (χ1n) is 7.21. The molecule has 0 aliphatic heterocycles. The Hall–Kier alpha value is -2.29. The molecule has 21 heavy (non-hydrogen) atoms. The summed E-state index contributed by atoms with van der Waals surface area (Å²) >= 11 is 0. The number of ether oxygens (including phenoxy) is 1. The van der Waals surface area contributed by atoms with Gasteiger partial charge in [-0.15, -0.1) is 0 Å². The second kappa shape index (κ2) is 7.48. The van der Waals surface area contributed by atoms with Crippen LogP contribution in [-0.2, 0) is 6.42 Å². The first kappa shape index (κ1) is 15.1. The molecule has 1 amide bonds. The number of nitrogens with one attached hydrogen (secondary N) is 1. The molecule has 0 radical (unpaired) electrons. The number of hydrogen-bond acceptors (Lipinski definition) is 2. The summed E-state index contributed by atoms with van der Waals surface area (Å²) < 4.78 is 5.15. The topological polar surface area (TPSA) is 38.3 Å². The monoisotopic (exact) mass is 283 g/mol. The maximum atomic E-state index is 12.3. The van der Waals surface area contributed by atoms with E-state index in [0.717, 1.165) is 12.8 Å². The van der Waals surface area contributed by atoms with Gasteiger partial charge in [0.15, 0.2) is 0 Å². The molecule has 1 N–H and O–H groups in total. The molecular formula is C18H21NO2. The minimum absolute atomic E-state index is 0.0586. The van der Waals surface area contributed by atoms with E-state index in [1.165, 1.54) is 5.56 Å². The quantitative estimate of drug-likeness (QED) is 0.882. The van der Waals surface area contributed by atoms with Gasteiger partial charge in [0.2, 0.25) is 0 Å². The van der Waals surface area contributed by atoms with E-state index in [1.54, 1.807) is 19.2 Å². The van der Waals surface area contributed by atoms with Gasteiger partial charge in [-0.1, -0.05) is 43.3 Å². The molecule has 3 nitrogen and oxygen atoms in total. The highest BCUT2D eigenvalue weighted by molar-refractivity contribution is 5.94. The van der Waals surface area contributed by atoms with Crippen molar-refractivity contribution < 1.29 is 9.53 Å². The number of amides is 1. The van der Waals surface area contributed by atoms with E-state index in [2.05, 4.69) is 24.4 Å². The van der Waals surface area contributed by atoms with Crippen LogP contribution in [0.15, 0.2) is 54.6 Å². The molecular weight excluding hydrogens is 262 g/mol. The zero-order chi connectivity index (χ0) is 15.1. The third-order valence-electron chi connectivity index (χ3n) is 3.48. The lowest BCUT2D eigenvalue weighted by Crippen LogP contribution is -2.35. The fraction of sp³-hybridized carbons (Fsp3) is 0.278. The molecule has 1 atom stereocenters. The van der Waals surface area contributed by atoms with E-state index in [-0.39, 0.29) is 11.9 Å². The molecule has 0 saturated carbocycles. The van der Waals surface area contributed by atoms with E-state index >= 15 is 0 Å². The predicted octanol–water partition coefficient (Wildman–Crippen LogP) is 3.45. The van der Waals surface area contributed by atoms with Crippen molar-refractivity contribution in [3.8, 4) is 5.75 Å². The molecule has 2 aromatic carbocycles. The van der Waals surface area contributed by atoms with Gasteiger partial charge >= 0.3 is 0 Å².